The summed E-state index contributed by atoms with van der Waals surface area (Å²) in [7, 11) is 1.82. The molecular weight excluding hydrogens is 358 g/mol. The quantitative estimate of drug-likeness (QED) is 0.727. The molecule has 100 valence electrons. The van der Waals surface area contributed by atoms with Crippen molar-refractivity contribution in [3.05, 3.63) is 28.2 Å². The van der Waals surface area contributed by atoms with Crippen molar-refractivity contribution in [2.24, 2.45) is 0 Å². The van der Waals surface area contributed by atoms with Gasteiger partial charge in [0.25, 0.3) is 0 Å². The predicted octanol–water partition coefficient (Wildman–Crippen LogP) is 4.35. The first-order valence-corrected chi connectivity index (χ1v) is 8.14. The van der Waals surface area contributed by atoms with Crippen molar-refractivity contribution < 1.29 is 4.74 Å². The highest BCUT2D eigenvalue weighted by molar-refractivity contribution is 9.10. The maximum Gasteiger partial charge on any atom is 0.0825 e. The number of methoxy groups -OCH3 is 1. The fourth-order valence-electron chi connectivity index (χ4n) is 2.55. The smallest absolute Gasteiger partial charge is 0.0825 e. The monoisotopic (exact) mass is 375 g/mol. The molecule has 4 heteroatoms. The molecule has 18 heavy (non-hydrogen) atoms. The van der Waals surface area contributed by atoms with Gasteiger partial charge in [-0.05, 0) is 43.5 Å². The van der Waals surface area contributed by atoms with Crippen molar-refractivity contribution in [1.82, 2.24) is 0 Å². The third kappa shape index (κ3) is 3.09. The molecule has 2 nitrogen and oxygen atoms in total. The Balaban J connectivity index is 2.25. The van der Waals surface area contributed by atoms with Gasteiger partial charge in [-0.3, -0.25) is 0 Å². The van der Waals surface area contributed by atoms with Gasteiger partial charge in [-0.15, -0.1) is 0 Å². The van der Waals surface area contributed by atoms with Crippen LogP contribution < -0.4 is 4.90 Å². The number of nitrogens with zero attached hydrogens (tertiary/aromatic N) is 1. The van der Waals surface area contributed by atoms with E-state index in [-0.39, 0.29) is 5.60 Å². The molecule has 0 bridgehead atoms. The summed E-state index contributed by atoms with van der Waals surface area (Å²) in [6.07, 6.45) is 2.32. The first-order chi connectivity index (χ1) is 8.58. The Hall–Kier alpha value is -0.0600. The van der Waals surface area contributed by atoms with Crippen LogP contribution in [0.3, 0.4) is 0 Å². The summed E-state index contributed by atoms with van der Waals surface area (Å²) in [6, 6.07) is 6.49. The van der Waals surface area contributed by atoms with Gasteiger partial charge in [-0.25, -0.2) is 0 Å². The van der Waals surface area contributed by atoms with Crippen LogP contribution in [0, 0.1) is 0 Å². The van der Waals surface area contributed by atoms with E-state index in [4.69, 9.17) is 4.74 Å². The second-order valence-electron chi connectivity index (χ2n) is 5.09. The van der Waals surface area contributed by atoms with E-state index >= 15 is 0 Å². The molecule has 0 amide bonds. The average molecular weight is 377 g/mol. The molecule has 1 aromatic rings. The van der Waals surface area contributed by atoms with Crippen LogP contribution in [0.5, 0.6) is 0 Å². The third-order valence-electron chi connectivity index (χ3n) is 3.68. The summed E-state index contributed by atoms with van der Waals surface area (Å²) < 4.78 is 6.80. The number of alkyl halides is 1. The van der Waals surface area contributed by atoms with Crippen molar-refractivity contribution >= 4 is 37.5 Å². The van der Waals surface area contributed by atoms with E-state index in [1.807, 2.05) is 7.11 Å². The number of hydrogen-bond donors (Lipinski definition) is 0. The Kier molecular flexibility index (Phi) is 4.73. The van der Waals surface area contributed by atoms with Crippen LogP contribution in [-0.2, 0) is 10.1 Å². The Morgan fingerprint density at radius 1 is 1.44 bits per heavy atom. The van der Waals surface area contributed by atoms with Crippen molar-refractivity contribution in [3.8, 4) is 0 Å². The molecule has 1 fully saturated rings. The third-order valence-corrected chi connectivity index (χ3v) is 4.78. The van der Waals surface area contributed by atoms with Gasteiger partial charge in [0.15, 0.2) is 0 Å². The van der Waals surface area contributed by atoms with Gasteiger partial charge in [0.05, 0.1) is 5.60 Å². The fourth-order valence-corrected chi connectivity index (χ4v) is 3.41. The molecule has 1 aromatic carbocycles. The Labute approximate surface area is 126 Å². The van der Waals surface area contributed by atoms with E-state index in [1.54, 1.807) is 0 Å². The zero-order chi connectivity index (χ0) is 13.2. The molecule has 0 N–H and O–H groups in total. The Morgan fingerprint density at radius 2 is 2.22 bits per heavy atom. The Morgan fingerprint density at radius 3 is 2.89 bits per heavy atom. The van der Waals surface area contributed by atoms with E-state index in [1.165, 1.54) is 17.7 Å². The normalized spacial score (nSPS) is 24.3. The fraction of sp³-hybridized carbons (Fsp3) is 0.571. The number of ether oxygens (including phenoxy) is 1. The van der Waals surface area contributed by atoms with E-state index in [2.05, 4.69) is 61.9 Å². The summed E-state index contributed by atoms with van der Waals surface area (Å²) in [5.41, 5.74) is 2.62. The molecule has 1 atom stereocenters. The molecule has 1 aliphatic rings. The van der Waals surface area contributed by atoms with E-state index in [9.17, 15) is 0 Å². The lowest BCUT2D eigenvalue weighted by Gasteiger charge is -2.41. The second-order valence-corrected chi connectivity index (χ2v) is 6.56. The number of halogens is 2. The van der Waals surface area contributed by atoms with Crippen LogP contribution in [0.15, 0.2) is 22.7 Å². The molecule has 0 aliphatic carbocycles. The summed E-state index contributed by atoms with van der Waals surface area (Å²) in [5.74, 6) is 0. The topological polar surface area (TPSA) is 12.5 Å². The minimum Gasteiger partial charge on any atom is -0.377 e. The standard InChI is InChI=1S/C14H19Br2NO/c1-14(18-2)6-3-7-17(10-14)13-5-4-12(16)8-11(13)9-15/h4-5,8H,3,6-7,9-10H2,1-2H3. The number of rotatable bonds is 3. The van der Waals surface area contributed by atoms with E-state index in [0.29, 0.717) is 0 Å². The first-order valence-electron chi connectivity index (χ1n) is 6.22. The van der Waals surface area contributed by atoms with E-state index in [0.717, 1.165) is 29.3 Å². The number of piperidine rings is 1. The molecule has 0 saturated carbocycles. The lowest BCUT2D eigenvalue weighted by atomic mass is 9.94. The van der Waals surface area contributed by atoms with E-state index < -0.39 is 0 Å². The van der Waals surface area contributed by atoms with Gasteiger partial charge in [0, 0.05) is 35.7 Å². The molecule has 0 radical (unpaired) electrons. The number of benzene rings is 1. The van der Waals surface area contributed by atoms with Gasteiger partial charge < -0.3 is 9.64 Å². The van der Waals surface area contributed by atoms with Crippen molar-refractivity contribution in [2.75, 3.05) is 25.1 Å². The molecule has 1 heterocycles. The highest BCUT2D eigenvalue weighted by atomic mass is 79.9. The van der Waals surface area contributed by atoms with Gasteiger partial charge in [0.1, 0.15) is 0 Å². The minimum atomic E-state index is -0.0189. The molecule has 0 spiro atoms. The highest BCUT2D eigenvalue weighted by Crippen LogP contribution is 2.32. The molecular formula is C14H19Br2NO. The Bertz CT molecular complexity index is 424. The summed E-state index contributed by atoms with van der Waals surface area (Å²) in [4.78, 5) is 2.44. The van der Waals surface area contributed by atoms with Crippen LogP contribution in [0.2, 0.25) is 0 Å². The molecule has 0 aromatic heterocycles. The number of anilines is 1. The van der Waals surface area contributed by atoms with Crippen LogP contribution in [0.25, 0.3) is 0 Å². The lowest BCUT2D eigenvalue weighted by molar-refractivity contribution is -0.00467. The largest absolute Gasteiger partial charge is 0.377 e. The molecule has 1 saturated heterocycles. The minimum absolute atomic E-state index is 0.0189. The first kappa shape index (κ1) is 14.4. The second kappa shape index (κ2) is 5.93. The van der Waals surface area contributed by atoms with Crippen molar-refractivity contribution in [1.29, 1.82) is 0 Å². The van der Waals surface area contributed by atoms with Gasteiger partial charge in [-0.1, -0.05) is 31.9 Å². The van der Waals surface area contributed by atoms with Crippen LogP contribution in [0.4, 0.5) is 5.69 Å². The van der Waals surface area contributed by atoms with Gasteiger partial charge in [0.2, 0.25) is 0 Å². The molecule has 2 rings (SSSR count). The van der Waals surface area contributed by atoms with Gasteiger partial charge >= 0.3 is 0 Å². The lowest BCUT2D eigenvalue weighted by Crippen LogP contribution is -2.47. The van der Waals surface area contributed by atoms with Crippen LogP contribution in [-0.4, -0.2) is 25.8 Å². The zero-order valence-electron chi connectivity index (χ0n) is 10.9. The number of hydrogen-bond acceptors (Lipinski definition) is 2. The van der Waals surface area contributed by atoms with Crippen LogP contribution >= 0.6 is 31.9 Å². The SMILES string of the molecule is COC1(C)CCCN(c2ccc(Br)cc2CBr)C1. The van der Waals surface area contributed by atoms with Gasteiger partial charge in [-0.2, -0.15) is 0 Å². The van der Waals surface area contributed by atoms with Crippen molar-refractivity contribution in [3.63, 3.8) is 0 Å². The summed E-state index contributed by atoms with van der Waals surface area (Å²) in [6.45, 7) is 4.28. The predicted molar refractivity (Wildman–Crippen MR) is 83.6 cm³/mol. The summed E-state index contributed by atoms with van der Waals surface area (Å²) in [5, 5.41) is 0.877. The zero-order valence-corrected chi connectivity index (χ0v) is 14.1. The maximum atomic E-state index is 5.66. The molecule has 1 aliphatic heterocycles. The van der Waals surface area contributed by atoms with Crippen LogP contribution in [0.1, 0.15) is 25.3 Å². The van der Waals surface area contributed by atoms with Crippen molar-refractivity contribution in [2.45, 2.75) is 30.7 Å². The maximum absolute atomic E-state index is 5.66. The average Bonchev–Trinajstić information content (AvgIpc) is 2.38. The highest BCUT2D eigenvalue weighted by Gasteiger charge is 2.31. The molecule has 1 unspecified atom stereocenters. The summed E-state index contributed by atoms with van der Waals surface area (Å²) >= 11 is 7.11.